The normalized spacial score (nSPS) is 15.3. The number of hydrogen-bond acceptors (Lipinski definition) is 2. The number of anilines is 1. The third-order valence-electron chi connectivity index (χ3n) is 2.79. The van der Waals surface area contributed by atoms with E-state index in [0.29, 0.717) is 22.7 Å². The number of nitrogens with two attached hydrogens (primary N) is 1. The third-order valence-corrected chi connectivity index (χ3v) is 3.14. The maximum Gasteiger partial charge on any atom is 0.162 e. The molecule has 0 amide bonds. The zero-order chi connectivity index (χ0) is 10.8. The van der Waals surface area contributed by atoms with Gasteiger partial charge in [-0.3, -0.25) is 4.79 Å². The molecule has 0 bridgehead atoms. The topological polar surface area (TPSA) is 43.1 Å². The molecule has 0 spiro atoms. The van der Waals surface area contributed by atoms with Gasteiger partial charge in [0.05, 0.1) is 10.7 Å². The first kappa shape index (κ1) is 10.5. The van der Waals surface area contributed by atoms with Crippen LogP contribution in [-0.2, 0) is 0 Å². The third kappa shape index (κ3) is 2.72. The fourth-order valence-corrected chi connectivity index (χ4v) is 1.72. The summed E-state index contributed by atoms with van der Waals surface area (Å²) < 4.78 is 0. The van der Waals surface area contributed by atoms with Crippen molar-refractivity contribution in [1.29, 1.82) is 0 Å². The second-order valence-corrected chi connectivity index (χ2v) is 4.55. The summed E-state index contributed by atoms with van der Waals surface area (Å²) >= 11 is 5.79. The SMILES string of the molecule is Nc1cc(C(=O)CCC2CC2)ccc1Cl. The summed E-state index contributed by atoms with van der Waals surface area (Å²) in [7, 11) is 0. The van der Waals surface area contributed by atoms with E-state index in [0.717, 1.165) is 12.3 Å². The average Bonchev–Trinajstić information content (AvgIpc) is 3.02. The highest BCUT2D eigenvalue weighted by atomic mass is 35.5. The lowest BCUT2D eigenvalue weighted by Gasteiger charge is -2.03. The van der Waals surface area contributed by atoms with Crippen molar-refractivity contribution in [3.05, 3.63) is 28.8 Å². The smallest absolute Gasteiger partial charge is 0.162 e. The van der Waals surface area contributed by atoms with E-state index in [4.69, 9.17) is 17.3 Å². The van der Waals surface area contributed by atoms with Crippen molar-refractivity contribution in [2.45, 2.75) is 25.7 Å². The molecule has 3 heteroatoms. The summed E-state index contributed by atoms with van der Waals surface area (Å²) in [4.78, 5) is 11.7. The van der Waals surface area contributed by atoms with Gasteiger partial charge < -0.3 is 5.73 Å². The number of Topliss-reactive ketones (excluding diaryl/α,β-unsaturated/α-hetero) is 1. The van der Waals surface area contributed by atoms with E-state index >= 15 is 0 Å². The Morgan fingerprint density at radius 2 is 2.20 bits per heavy atom. The molecule has 2 nitrogen and oxygen atoms in total. The summed E-state index contributed by atoms with van der Waals surface area (Å²) in [6.07, 6.45) is 4.22. The lowest BCUT2D eigenvalue weighted by molar-refractivity contribution is 0.0978. The molecule has 0 saturated heterocycles. The van der Waals surface area contributed by atoms with Crippen LogP contribution in [-0.4, -0.2) is 5.78 Å². The van der Waals surface area contributed by atoms with Gasteiger partial charge in [-0.1, -0.05) is 24.4 Å². The number of carbonyl (C=O) groups is 1. The zero-order valence-electron chi connectivity index (χ0n) is 8.50. The van der Waals surface area contributed by atoms with Crippen molar-refractivity contribution < 1.29 is 4.79 Å². The van der Waals surface area contributed by atoms with Gasteiger partial charge in [0.25, 0.3) is 0 Å². The molecule has 2 rings (SSSR count). The summed E-state index contributed by atoms with van der Waals surface area (Å²) in [6.45, 7) is 0. The van der Waals surface area contributed by atoms with E-state index in [2.05, 4.69) is 0 Å². The highest BCUT2D eigenvalue weighted by Crippen LogP contribution is 2.34. The van der Waals surface area contributed by atoms with Crippen molar-refractivity contribution >= 4 is 23.1 Å². The molecule has 0 atom stereocenters. The van der Waals surface area contributed by atoms with Crippen LogP contribution in [0.3, 0.4) is 0 Å². The van der Waals surface area contributed by atoms with Crippen LogP contribution in [0.1, 0.15) is 36.0 Å². The fourth-order valence-electron chi connectivity index (χ4n) is 1.60. The molecule has 0 heterocycles. The molecule has 0 aromatic heterocycles. The van der Waals surface area contributed by atoms with Crippen LogP contribution in [0.25, 0.3) is 0 Å². The van der Waals surface area contributed by atoms with Crippen LogP contribution in [0.4, 0.5) is 5.69 Å². The summed E-state index contributed by atoms with van der Waals surface area (Å²) in [5, 5.41) is 0.508. The second kappa shape index (κ2) is 4.23. The molecule has 0 radical (unpaired) electrons. The molecular weight excluding hydrogens is 210 g/mol. The molecule has 1 aromatic rings. The summed E-state index contributed by atoms with van der Waals surface area (Å²) in [5.74, 6) is 0.962. The minimum absolute atomic E-state index is 0.172. The Hall–Kier alpha value is -1.02. The van der Waals surface area contributed by atoms with E-state index in [1.54, 1.807) is 18.2 Å². The van der Waals surface area contributed by atoms with Crippen molar-refractivity contribution in [1.82, 2.24) is 0 Å². The lowest BCUT2D eigenvalue weighted by Crippen LogP contribution is -2.00. The first-order chi connectivity index (χ1) is 7.16. The number of hydrogen-bond donors (Lipinski definition) is 1. The largest absolute Gasteiger partial charge is 0.398 e. The Morgan fingerprint density at radius 1 is 1.47 bits per heavy atom. The van der Waals surface area contributed by atoms with Gasteiger partial charge in [-0.25, -0.2) is 0 Å². The second-order valence-electron chi connectivity index (χ2n) is 4.14. The van der Waals surface area contributed by atoms with E-state index in [-0.39, 0.29) is 5.78 Å². The van der Waals surface area contributed by atoms with Crippen LogP contribution >= 0.6 is 11.6 Å². The van der Waals surface area contributed by atoms with Crippen LogP contribution in [0.5, 0.6) is 0 Å². The van der Waals surface area contributed by atoms with Gasteiger partial charge in [-0.05, 0) is 30.5 Å². The predicted octanol–water partition coefficient (Wildman–Crippen LogP) is 3.30. The van der Waals surface area contributed by atoms with E-state index in [1.807, 2.05) is 0 Å². The molecule has 0 unspecified atom stereocenters. The van der Waals surface area contributed by atoms with Gasteiger partial charge in [0.1, 0.15) is 0 Å². The summed E-state index contributed by atoms with van der Waals surface area (Å²) in [5.41, 5.74) is 6.80. The van der Waals surface area contributed by atoms with Crippen molar-refractivity contribution in [2.24, 2.45) is 5.92 Å². The van der Waals surface area contributed by atoms with Crippen molar-refractivity contribution in [3.63, 3.8) is 0 Å². The molecule has 1 aromatic carbocycles. The number of carbonyl (C=O) groups excluding carboxylic acids is 1. The highest BCUT2D eigenvalue weighted by molar-refractivity contribution is 6.33. The van der Waals surface area contributed by atoms with Gasteiger partial charge >= 0.3 is 0 Å². The minimum Gasteiger partial charge on any atom is -0.398 e. The molecule has 1 fully saturated rings. The van der Waals surface area contributed by atoms with Crippen molar-refractivity contribution in [2.75, 3.05) is 5.73 Å². The lowest BCUT2D eigenvalue weighted by atomic mass is 10.0. The van der Waals surface area contributed by atoms with E-state index in [1.165, 1.54) is 12.8 Å². The Labute approximate surface area is 94.4 Å². The maximum absolute atomic E-state index is 11.7. The van der Waals surface area contributed by atoms with Gasteiger partial charge in [-0.15, -0.1) is 0 Å². The Balaban J connectivity index is 2.00. The Morgan fingerprint density at radius 3 is 2.80 bits per heavy atom. The highest BCUT2D eigenvalue weighted by Gasteiger charge is 2.22. The molecule has 1 aliphatic rings. The molecular formula is C12H14ClNO. The Bertz CT molecular complexity index is 385. The average molecular weight is 224 g/mol. The van der Waals surface area contributed by atoms with Crippen LogP contribution in [0.2, 0.25) is 5.02 Å². The molecule has 1 aliphatic carbocycles. The predicted molar refractivity (Wildman–Crippen MR) is 62.2 cm³/mol. The van der Waals surface area contributed by atoms with E-state index < -0.39 is 0 Å². The minimum atomic E-state index is 0.172. The number of nitrogen functional groups attached to an aromatic ring is 1. The van der Waals surface area contributed by atoms with Gasteiger partial charge in [0.2, 0.25) is 0 Å². The van der Waals surface area contributed by atoms with Gasteiger partial charge in [0.15, 0.2) is 5.78 Å². The Kier molecular flexibility index (Phi) is 2.96. The first-order valence-corrected chi connectivity index (χ1v) is 5.63. The maximum atomic E-state index is 11.7. The molecule has 2 N–H and O–H groups in total. The molecule has 15 heavy (non-hydrogen) atoms. The fraction of sp³-hybridized carbons (Fsp3) is 0.417. The number of rotatable bonds is 4. The number of benzene rings is 1. The van der Waals surface area contributed by atoms with E-state index in [9.17, 15) is 4.79 Å². The van der Waals surface area contributed by atoms with Crippen LogP contribution in [0.15, 0.2) is 18.2 Å². The number of ketones is 1. The first-order valence-electron chi connectivity index (χ1n) is 5.25. The molecule has 0 aliphatic heterocycles. The molecule has 1 saturated carbocycles. The van der Waals surface area contributed by atoms with Crippen molar-refractivity contribution in [3.8, 4) is 0 Å². The molecule has 80 valence electrons. The van der Waals surface area contributed by atoms with Gasteiger partial charge in [0, 0.05) is 12.0 Å². The summed E-state index contributed by atoms with van der Waals surface area (Å²) in [6, 6.07) is 5.09. The number of halogens is 1. The monoisotopic (exact) mass is 223 g/mol. The van der Waals surface area contributed by atoms with Crippen LogP contribution < -0.4 is 5.73 Å². The van der Waals surface area contributed by atoms with Crippen LogP contribution in [0, 0.1) is 5.92 Å². The standard InChI is InChI=1S/C12H14ClNO/c13-10-5-4-9(7-11(10)14)12(15)6-3-8-1-2-8/h4-5,7-8H,1-3,6,14H2. The van der Waals surface area contributed by atoms with Gasteiger partial charge in [-0.2, -0.15) is 0 Å². The quantitative estimate of drug-likeness (QED) is 0.629. The zero-order valence-corrected chi connectivity index (χ0v) is 9.26.